The van der Waals surface area contributed by atoms with Crippen LogP contribution in [0.3, 0.4) is 0 Å². The van der Waals surface area contributed by atoms with Gasteiger partial charge in [-0.05, 0) is 109 Å². The van der Waals surface area contributed by atoms with Crippen molar-refractivity contribution in [2.75, 3.05) is 0 Å². The Morgan fingerprint density at radius 3 is 1.17 bits per heavy atom. The smallest absolute Gasteiger partial charge is 0.167 e. The van der Waals surface area contributed by atoms with Crippen molar-refractivity contribution in [3.63, 3.8) is 0 Å². The van der Waals surface area contributed by atoms with Gasteiger partial charge in [0.05, 0.1) is 11.1 Å². The van der Waals surface area contributed by atoms with Gasteiger partial charge in [-0.15, -0.1) is 0 Å². The molecule has 0 aliphatic carbocycles. The van der Waals surface area contributed by atoms with Gasteiger partial charge in [0.15, 0.2) is 17.5 Å². The first kappa shape index (κ1) is 36.4. The number of nitrogens with zero attached hydrogens (tertiary/aromatic N) is 5. The molecule has 0 radical (unpaired) electrons. The molecule has 0 unspecified atom stereocenters. The Labute approximate surface area is 376 Å². The van der Waals surface area contributed by atoms with E-state index in [1.165, 1.54) is 0 Å². The van der Waals surface area contributed by atoms with Gasteiger partial charge in [-0.1, -0.05) is 121 Å². The number of fused-ring (bicyclic) bond motifs is 14. The zero-order chi connectivity index (χ0) is 43.3. The van der Waals surface area contributed by atoms with Crippen LogP contribution < -0.4 is 0 Å². The highest BCUT2D eigenvalue weighted by molar-refractivity contribution is 6.30. The predicted octanol–water partition coefficient (Wildman–Crippen LogP) is 15.4. The van der Waals surface area contributed by atoms with E-state index in [-0.39, 0.29) is 0 Å². The Hall–Kier alpha value is -9.07. The zero-order valence-corrected chi connectivity index (χ0v) is 35.1. The molecule has 306 valence electrons. The summed E-state index contributed by atoms with van der Waals surface area (Å²) in [4.78, 5) is 25.3. The topological polar surface area (TPSA) is 90.7 Å². The molecule has 0 N–H and O–H groups in total. The highest BCUT2D eigenvalue weighted by Crippen LogP contribution is 2.46. The summed E-state index contributed by atoms with van der Waals surface area (Å²) in [5, 5.41) is 13.0. The molecule has 14 aromatic rings. The third-order valence-corrected chi connectivity index (χ3v) is 13.0. The number of hydrogen-bond donors (Lipinski definition) is 0. The summed E-state index contributed by atoms with van der Waals surface area (Å²) in [7, 11) is 0. The maximum atomic E-state index is 6.98. The Bertz CT molecular complexity index is 4020. The molecule has 0 atom stereocenters. The highest BCUT2D eigenvalue weighted by Gasteiger charge is 2.25. The molecule has 0 bridgehead atoms. The standard InChI is InChI=1S/C59H33N5O2/c1-5-17-43-34(11-1)21-23-49-51(43)53-45-19-7-3-13-36(45)30-47(55(53)65-49)58-62-57(42-28-40(38-15-9-25-60-32-38)27-41(29-42)39-16-10-26-61-33-39)63-59(64-58)48-31-37-14-4-8-20-46(37)54-52-44-18-6-2-12-35(44)22-24-50(52)66-56(48)54/h1-33H. The molecule has 7 heteroatoms. The maximum absolute atomic E-state index is 6.98. The van der Waals surface area contributed by atoms with Crippen LogP contribution in [0.1, 0.15) is 0 Å². The number of furan rings is 2. The number of rotatable bonds is 5. The lowest BCUT2D eigenvalue weighted by atomic mass is 9.96. The molecule has 0 saturated heterocycles. The third-order valence-electron chi connectivity index (χ3n) is 13.0. The van der Waals surface area contributed by atoms with Gasteiger partial charge in [-0.25, -0.2) is 15.0 Å². The first-order valence-electron chi connectivity index (χ1n) is 21.9. The maximum Gasteiger partial charge on any atom is 0.167 e. The summed E-state index contributed by atoms with van der Waals surface area (Å²) in [6.45, 7) is 0. The molecular weight excluding hydrogens is 811 g/mol. The van der Waals surface area contributed by atoms with Crippen molar-refractivity contribution in [2.45, 2.75) is 0 Å². The predicted molar refractivity (Wildman–Crippen MR) is 267 cm³/mol. The van der Waals surface area contributed by atoms with Crippen LogP contribution in [0.15, 0.2) is 210 Å². The fourth-order valence-electron chi connectivity index (χ4n) is 10.0. The van der Waals surface area contributed by atoms with Crippen LogP contribution in [0.5, 0.6) is 0 Å². The Kier molecular flexibility index (Phi) is 7.85. The van der Waals surface area contributed by atoms with Gasteiger partial charge in [-0.3, -0.25) is 9.97 Å². The number of aromatic nitrogens is 5. The molecule has 14 rings (SSSR count). The first-order valence-corrected chi connectivity index (χ1v) is 21.9. The quantitative estimate of drug-likeness (QED) is 0.170. The molecule has 0 fully saturated rings. The molecule has 0 amide bonds. The second-order valence-electron chi connectivity index (χ2n) is 16.8. The summed E-state index contributed by atoms with van der Waals surface area (Å²) in [6.07, 6.45) is 7.33. The molecule has 9 aromatic carbocycles. The lowest BCUT2D eigenvalue weighted by Crippen LogP contribution is -2.01. The summed E-state index contributed by atoms with van der Waals surface area (Å²) in [5.41, 5.74) is 9.22. The number of benzene rings is 9. The van der Waals surface area contributed by atoms with Crippen LogP contribution in [0.4, 0.5) is 0 Å². The molecule has 0 saturated carbocycles. The Morgan fingerprint density at radius 2 is 0.712 bits per heavy atom. The second-order valence-corrected chi connectivity index (χ2v) is 16.8. The fraction of sp³-hybridized carbons (Fsp3) is 0. The van der Waals surface area contributed by atoms with Crippen molar-refractivity contribution in [3.8, 4) is 56.4 Å². The van der Waals surface area contributed by atoms with Crippen molar-refractivity contribution < 1.29 is 8.83 Å². The molecular formula is C59H33N5O2. The second kappa shape index (κ2) is 14.2. The average molecular weight is 844 g/mol. The number of pyridine rings is 2. The van der Waals surface area contributed by atoms with Crippen molar-refractivity contribution in [3.05, 3.63) is 201 Å². The molecule has 7 nitrogen and oxygen atoms in total. The number of hydrogen-bond acceptors (Lipinski definition) is 7. The lowest BCUT2D eigenvalue weighted by molar-refractivity contribution is 0.670. The minimum absolute atomic E-state index is 0.478. The third kappa shape index (κ3) is 5.60. The van der Waals surface area contributed by atoms with E-state index < -0.39 is 0 Å². The molecule has 0 spiro atoms. The van der Waals surface area contributed by atoms with Crippen molar-refractivity contribution in [2.24, 2.45) is 0 Å². The van der Waals surface area contributed by atoms with Crippen LogP contribution >= 0.6 is 0 Å². The molecule has 5 heterocycles. The van der Waals surface area contributed by atoms with E-state index in [9.17, 15) is 0 Å². The minimum Gasteiger partial charge on any atom is -0.455 e. The first-order chi connectivity index (χ1) is 32.7. The van der Waals surface area contributed by atoms with E-state index in [1.807, 2.05) is 24.5 Å². The van der Waals surface area contributed by atoms with Crippen LogP contribution in [-0.4, -0.2) is 24.9 Å². The molecule has 66 heavy (non-hydrogen) atoms. The summed E-state index contributed by atoms with van der Waals surface area (Å²) < 4.78 is 14.0. The van der Waals surface area contributed by atoms with Gasteiger partial charge in [0.1, 0.15) is 22.3 Å². The van der Waals surface area contributed by atoms with Gasteiger partial charge in [0.25, 0.3) is 0 Å². The Balaban J connectivity index is 1.12. The molecule has 5 aromatic heterocycles. The Morgan fingerprint density at radius 1 is 0.303 bits per heavy atom. The van der Waals surface area contributed by atoms with Crippen molar-refractivity contribution in [1.29, 1.82) is 0 Å². The summed E-state index contributed by atoms with van der Waals surface area (Å²) >= 11 is 0. The van der Waals surface area contributed by atoms with Crippen molar-refractivity contribution >= 4 is 87.0 Å². The van der Waals surface area contributed by atoms with E-state index >= 15 is 0 Å². The monoisotopic (exact) mass is 843 g/mol. The van der Waals surface area contributed by atoms with Crippen LogP contribution in [0, 0.1) is 0 Å². The van der Waals surface area contributed by atoms with E-state index in [2.05, 4.69) is 174 Å². The van der Waals surface area contributed by atoms with Gasteiger partial charge in [0.2, 0.25) is 0 Å². The lowest BCUT2D eigenvalue weighted by Gasteiger charge is -2.13. The van der Waals surface area contributed by atoms with E-state index in [0.29, 0.717) is 28.6 Å². The van der Waals surface area contributed by atoms with Crippen molar-refractivity contribution in [1.82, 2.24) is 24.9 Å². The van der Waals surface area contributed by atoms with Crippen LogP contribution in [-0.2, 0) is 0 Å². The van der Waals surface area contributed by atoms with Gasteiger partial charge in [-0.2, -0.15) is 0 Å². The van der Waals surface area contributed by atoms with Gasteiger partial charge < -0.3 is 8.83 Å². The van der Waals surface area contributed by atoms with Gasteiger partial charge in [0, 0.05) is 63.0 Å². The molecule has 0 aliphatic heterocycles. The summed E-state index contributed by atoms with van der Waals surface area (Å²) in [5.74, 6) is 1.45. The minimum atomic E-state index is 0.478. The molecule has 0 aliphatic rings. The van der Waals surface area contributed by atoms with Crippen LogP contribution in [0.2, 0.25) is 0 Å². The summed E-state index contributed by atoms with van der Waals surface area (Å²) in [6, 6.07) is 61.1. The average Bonchev–Trinajstić information content (AvgIpc) is 3.99. The largest absolute Gasteiger partial charge is 0.455 e. The van der Waals surface area contributed by atoms with Gasteiger partial charge >= 0.3 is 0 Å². The van der Waals surface area contributed by atoms with E-state index in [1.54, 1.807) is 12.4 Å². The van der Waals surface area contributed by atoms with E-state index in [0.717, 1.165) is 115 Å². The van der Waals surface area contributed by atoms with Crippen LogP contribution in [0.25, 0.3) is 143 Å². The normalized spacial score (nSPS) is 11.9. The SMILES string of the molecule is c1cncc(-c2cc(-c3cccnc3)cc(-c3nc(-c4cc5ccccc5c5c4oc4ccc6ccccc6c45)nc(-c4cc5ccccc5c5c4oc4ccc6ccccc6c45)n3)c2)c1. The van der Waals surface area contributed by atoms with E-state index in [4.69, 9.17) is 23.8 Å². The highest BCUT2D eigenvalue weighted by atomic mass is 16.3. The fourth-order valence-corrected chi connectivity index (χ4v) is 10.0. The zero-order valence-electron chi connectivity index (χ0n) is 35.1.